The minimum absolute atomic E-state index is 0.0610. The van der Waals surface area contributed by atoms with E-state index in [9.17, 15) is 9.59 Å². The van der Waals surface area contributed by atoms with Gasteiger partial charge in [-0.2, -0.15) is 0 Å². The molecule has 166 valence electrons. The average Bonchev–Trinajstić information content (AvgIpc) is 3.16. The standard InChI is InChI=1S/C27H34O3S/c1-2-27-15-14-22-21-11-9-19(28)16-18(21)8-10-23(22)24(27)12-13-25(27)30-26(29)17-31-20-6-4-3-5-7-20/h3-7,16,21-25H,2,8-15,17H2,1H3. The molecule has 0 aromatic heterocycles. The first kappa shape index (κ1) is 21.3. The van der Waals surface area contributed by atoms with Crippen LogP contribution in [0.4, 0.5) is 0 Å². The van der Waals surface area contributed by atoms with Gasteiger partial charge in [-0.1, -0.05) is 30.7 Å². The minimum Gasteiger partial charge on any atom is -0.461 e. The van der Waals surface area contributed by atoms with Gasteiger partial charge in [0.2, 0.25) is 0 Å². The SMILES string of the molecule is CCC12CCC3C4CCC(=O)C=C4CCC3C1CCC2OC(=O)CSc1ccccc1. The van der Waals surface area contributed by atoms with E-state index in [1.165, 1.54) is 31.3 Å². The third kappa shape index (κ3) is 3.90. The Balaban J connectivity index is 1.27. The van der Waals surface area contributed by atoms with Crippen LogP contribution < -0.4 is 0 Å². The largest absolute Gasteiger partial charge is 0.461 e. The molecular weight excluding hydrogens is 404 g/mol. The van der Waals surface area contributed by atoms with E-state index in [1.54, 1.807) is 11.8 Å². The molecule has 0 bridgehead atoms. The molecule has 6 unspecified atom stereocenters. The van der Waals surface area contributed by atoms with E-state index in [0.717, 1.165) is 48.8 Å². The summed E-state index contributed by atoms with van der Waals surface area (Å²) in [4.78, 5) is 25.8. The number of carbonyl (C=O) groups is 2. The van der Waals surface area contributed by atoms with E-state index in [4.69, 9.17) is 4.74 Å². The molecule has 5 rings (SSSR count). The van der Waals surface area contributed by atoms with E-state index in [2.05, 4.69) is 6.92 Å². The molecule has 4 aliphatic rings. The molecule has 1 aromatic rings. The summed E-state index contributed by atoms with van der Waals surface area (Å²) in [6.45, 7) is 2.31. The van der Waals surface area contributed by atoms with Crippen LogP contribution >= 0.6 is 11.8 Å². The van der Waals surface area contributed by atoms with Gasteiger partial charge in [0, 0.05) is 16.7 Å². The fraction of sp³-hybridized carbons (Fsp3) is 0.630. The Labute approximate surface area is 190 Å². The van der Waals surface area contributed by atoms with Gasteiger partial charge in [-0.15, -0.1) is 11.8 Å². The van der Waals surface area contributed by atoms with Crippen molar-refractivity contribution < 1.29 is 14.3 Å². The zero-order chi connectivity index (χ0) is 21.4. The van der Waals surface area contributed by atoms with Crippen LogP contribution in [0, 0.1) is 29.1 Å². The molecule has 4 aliphatic carbocycles. The zero-order valence-electron chi connectivity index (χ0n) is 18.6. The maximum Gasteiger partial charge on any atom is 0.316 e. The molecule has 6 atom stereocenters. The highest BCUT2D eigenvalue weighted by molar-refractivity contribution is 8.00. The second-order valence-electron chi connectivity index (χ2n) is 10.1. The Morgan fingerprint density at radius 3 is 2.71 bits per heavy atom. The van der Waals surface area contributed by atoms with Crippen LogP contribution in [0.25, 0.3) is 0 Å². The number of ketones is 1. The molecule has 0 amide bonds. The molecule has 31 heavy (non-hydrogen) atoms. The number of carbonyl (C=O) groups excluding carboxylic acids is 2. The Hall–Kier alpha value is -1.55. The van der Waals surface area contributed by atoms with Crippen molar-refractivity contribution in [1.29, 1.82) is 0 Å². The van der Waals surface area contributed by atoms with Gasteiger partial charge in [0.25, 0.3) is 0 Å². The van der Waals surface area contributed by atoms with Crippen LogP contribution in [0.1, 0.15) is 64.7 Å². The summed E-state index contributed by atoms with van der Waals surface area (Å²) in [5, 5.41) is 0. The topological polar surface area (TPSA) is 43.4 Å². The third-order valence-electron chi connectivity index (χ3n) is 8.97. The van der Waals surface area contributed by atoms with Crippen molar-refractivity contribution in [2.24, 2.45) is 29.1 Å². The smallest absolute Gasteiger partial charge is 0.316 e. The molecule has 3 nitrogen and oxygen atoms in total. The van der Waals surface area contributed by atoms with Crippen molar-refractivity contribution >= 4 is 23.5 Å². The van der Waals surface area contributed by atoms with Crippen LogP contribution in [0.5, 0.6) is 0 Å². The first-order chi connectivity index (χ1) is 15.1. The summed E-state index contributed by atoms with van der Waals surface area (Å²) >= 11 is 1.57. The van der Waals surface area contributed by atoms with Gasteiger partial charge in [-0.05, 0) is 93.2 Å². The number of rotatable bonds is 5. The second kappa shape index (κ2) is 8.77. The molecule has 0 radical (unpaired) electrons. The fourth-order valence-electron chi connectivity index (χ4n) is 7.64. The van der Waals surface area contributed by atoms with Gasteiger partial charge in [-0.3, -0.25) is 9.59 Å². The maximum absolute atomic E-state index is 12.7. The molecule has 1 aromatic carbocycles. The number of fused-ring (bicyclic) bond motifs is 5. The van der Waals surface area contributed by atoms with Crippen molar-refractivity contribution in [1.82, 2.24) is 0 Å². The van der Waals surface area contributed by atoms with Crippen molar-refractivity contribution in [3.63, 3.8) is 0 Å². The second-order valence-corrected chi connectivity index (χ2v) is 11.1. The lowest BCUT2D eigenvalue weighted by Gasteiger charge is -2.54. The molecule has 0 saturated heterocycles. The van der Waals surface area contributed by atoms with Crippen molar-refractivity contribution in [3.05, 3.63) is 42.0 Å². The maximum atomic E-state index is 12.7. The predicted octanol–water partition coefficient (Wildman–Crippen LogP) is 6.22. The molecule has 0 aliphatic heterocycles. The monoisotopic (exact) mass is 438 g/mol. The van der Waals surface area contributed by atoms with Crippen LogP contribution in [0.15, 0.2) is 46.9 Å². The number of thioether (sulfide) groups is 1. The Morgan fingerprint density at radius 2 is 1.90 bits per heavy atom. The van der Waals surface area contributed by atoms with Gasteiger partial charge in [0.15, 0.2) is 5.78 Å². The first-order valence-electron chi connectivity index (χ1n) is 12.2. The average molecular weight is 439 g/mol. The summed E-state index contributed by atoms with van der Waals surface area (Å²) in [5.41, 5.74) is 1.61. The normalized spacial score (nSPS) is 36.7. The van der Waals surface area contributed by atoms with Crippen molar-refractivity contribution in [3.8, 4) is 0 Å². The third-order valence-corrected chi connectivity index (χ3v) is 9.95. The number of hydrogen-bond donors (Lipinski definition) is 0. The lowest BCUT2D eigenvalue weighted by atomic mass is 9.51. The molecule has 0 N–H and O–H groups in total. The number of hydrogen-bond acceptors (Lipinski definition) is 4. The van der Waals surface area contributed by atoms with Gasteiger partial charge >= 0.3 is 5.97 Å². The van der Waals surface area contributed by atoms with Crippen LogP contribution in [0.2, 0.25) is 0 Å². The lowest BCUT2D eigenvalue weighted by molar-refractivity contribution is -0.157. The molecule has 0 heterocycles. The number of esters is 1. The summed E-state index contributed by atoms with van der Waals surface area (Å²) in [5.74, 6) is 3.46. The van der Waals surface area contributed by atoms with Crippen molar-refractivity contribution in [2.45, 2.75) is 75.7 Å². The zero-order valence-corrected chi connectivity index (χ0v) is 19.4. The van der Waals surface area contributed by atoms with Gasteiger partial charge in [-0.25, -0.2) is 0 Å². The molecule has 0 spiro atoms. The van der Waals surface area contributed by atoms with Gasteiger partial charge in [0.05, 0.1) is 5.75 Å². The quantitative estimate of drug-likeness (QED) is 0.404. The van der Waals surface area contributed by atoms with Crippen molar-refractivity contribution in [2.75, 3.05) is 5.75 Å². The summed E-state index contributed by atoms with van der Waals surface area (Å²) in [6.07, 6.45) is 11.9. The van der Waals surface area contributed by atoms with Crippen LogP contribution in [-0.4, -0.2) is 23.6 Å². The summed E-state index contributed by atoms with van der Waals surface area (Å²) < 4.78 is 6.18. The van der Waals surface area contributed by atoms with E-state index >= 15 is 0 Å². The summed E-state index contributed by atoms with van der Waals surface area (Å²) in [7, 11) is 0. The summed E-state index contributed by atoms with van der Waals surface area (Å²) in [6, 6.07) is 10.1. The van der Waals surface area contributed by atoms with E-state index in [1.807, 2.05) is 36.4 Å². The number of allylic oxidation sites excluding steroid dienone is 1. The highest BCUT2D eigenvalue weighted by atomic mass is 32.2. The van der Waals surface area contributed by atoms with E-state index in [-0.39, 0.29) is 17.5 Å². The number of ether oxygens (including phenoxy) is 1. The van der Waals surface area contributed by atoms with Gasteiger partial charge in [0.1, 0.15) is 6.10 Å². The Bertz CT molecular complexity index is 862. The van der Waals surface area contributed by atoms with Gasteiger partial charge < -0.3 is 4.74 Å². The fourth-order valence-corrected chi connectivity index (χ4v) is 8.34. The molecule has 3 saturated carbocycles. The molecular formula is C27H34O3S. The molecule has 3 fully saturated rings. The van der Waals surface area contributed by atoms with Crippen LogP contribution in [0.3, 0.4) is 0 Å². The van der Waals surface area contributed by atoms with Crippen LogP contribution in [-0.2, 0) is 14.3 Å². The van der Waals surface area contributed by atoms with E-state index < -0.39 is 0 Å². The Morgan fingerprint density at radius 1 is 1.06 bits per heavy atom. The first-order valence-corrected chi connectivity index (χ1v) is 13.2. The number of benzene rings is 1. The molecule has 4 heteroatoms. The van der Waals surface area contributed by atoms with E-state index in [0.29, 0.717) is 23.4 Å². The highest BCUT2D eigenvalue weighted by Crippen LogP contribution is 2.63. The lowest BCUT2D eigenvalue weighted by Crippen LogP contribution is -2.49. The Kier molecular flexibility index (Phi) is 6.02. The highest BCUT2D eigenvalue weighted by Gasteiger charge is 2.58. The minimum atomic E-state index is -0.0610. The predicted molar refractivity (Wildman–Crippen MR) is 124 cm³/mol.